The largest absolute Gasteiger partial charge is 0.395 e. The number of carbonyl (C=O) groups excluding carboxylic acids is 1. The molecule has 0 spiro atoms. The van der Waals surface area contributed by atoms with E-state index in [1.54, 1.807) is 0 Å². The van der Waals surface area contributed by atoms with Crippen LogP contribution in [0.5, 0.6) is 0 Å². The molecule has 0 bridgehead atoms. The van der Waals surface area contributed by atoms with Gasteiger partial charge >= 0.3 is 0 Å². The van der Waals surface area contributed by atoms with Gasteiger partial charge in [-0.2, -0.15) is 0 Å². The van der Waals surface area contributed by atoms with Crippen molar-refractivity contribution < 1.29 is 9.90 Å². The Labute approximate surface area is 117 Å². The molecular weight excluding hydrogens is 240 g/mol. The van der Waals surface area contributed by atoms with Crippen LogP contribution in [-0.4, -0.2) is 36.2 Å². The van der Waals surface area contributed by atoms with Gasteiger partial charge in [0.15, 0.2) is 0 Å². The molecule has 1 saturated carbocycles. The smallest absolute Gasteiger partial charge is 0.234 e. The van der Waals surface area contributed by atoms with E-state index in [-0.39, 0.29) is 18.6 Å². The van der Waals surface area contributed by atoms with Crippen LogP contribution in [-0.2, 0) is 4.79 Å². The van der Waals surface area contributed by atoms with Crippen molar-refractivity contribution in [3.05, 3.63) is 0 Å². The summed E-state index contributed by atoms with van der Waals surface area (Å²) < 4.78 is 0. The first-order valence-corrected chi connectivity index (χ1v) is 7.59. The fourth-order valence-corrected chi connectivity index (χ4v) is 2.78. The molecule has 3 N–H and O–H groups in total. The predicted molar refractivity (Wildman–Crippen MR) is 77.8 cm³/mol. The first-order valence-electron chi connectivity index (χ1n) is 7.59. The summed E-state index contributed by atoms with van der Waals surface area (Å²) in [6.07, 6.45) is 3.56. The van der Waals surface area contributed by atoms with Crippen LogP contribution in [0.4, 0.5) is 0 Å². The van der Waals surface area contributed by atoms with Crippen molar-refractivity contribution >= 4 is 5.91 Å². The molecule has 1 fully saturated rings. The second kappa shape index (κ2) is 7.85. The Morgan fingerprint density at radius 2 is 2.00 bits per heavy atom. The number of nitrogens with one attached hydrogen (secondary N) is 2. The van der Waals surface area contributed by atoms with Gasteiger partial charge in [-0.15, -0.1) is 0 Å². The minimum atomic E-state index is -0.00606. The Kier molecular flexibility index (Phi) is 6.80. The Morgan fingerprint density at radius 1 is 1.32 bits per heavy atom. The van der Waals surface area contributed by atoms with Crippen LogP contribution < -0.4 is 10.6 Å². The molecule has 0 aromatic rings. The average Bonchev–Trinajstić information content (AvgIpc) is 2.35. The van der Waals surface area contributed by atoms with E-state index in [1.165, 1.54) is 12.8 Å². The van der Waals surface area contributed by atoms with Crippen LogP contribution in [0.3, 0.4) is 0 Å². The molecule has 112 valence electrons. The van der Waals surface area contributed by atoms with Gasteiger partial charge in [0.1, 0.15) is 0 Å². The maximum absolute atomic E-state index is 12.0. The van der Waals surface area contributed by atoms with Crippen LogP contribution >= 0.6 is 0 Å². The predicted octanol–water partition coefficient (Wildman–Crippen LogP) is 1.53. The van der Waals surface area contributed by atoms with Gasteiger partial charge < -0.3 is 15.7 Å². The number of amides is 1. The Morgan fingerprint density at radius 3 is 2.58 bits per heavy atom. The van der Waals surface area contributed by atoms with Crippen molar-refractivity contribution in [3.63, 3.8) is 0 Å². The van der Waals surface area contributed by atoms with Gasteiger partial charge in [-0.3, -0.25) is 4.79 Å². The molecule has 4 nitrogen and oxygen atoms in total. The minimum absolute atomic E-state index is 0.00606. The Bertz CT molecular complexity index is 281. The van der Waals surface area contributed by atoms with E-state index in [4.69, 9.17) is 0 Å². The van der Waals surface area contributed by atoms with Gasteiger partial charge in [0.2, 0.25) is 5.91 Å². The summed E-state index contributed by atoms with van der Waals surface area (Å²) in [6.45, 7) is 8.94. The summed E-state index contributed by atoms with van der Waals surface area (Å²) in [5.74, 6) is 1.61. The highest BCUT2D eigenvalue weighted by atomic mass is 16.3. The molecule has 1 aliphatic rings. The van der Waals surface area contributed by atoms with E-state index in [0.717, 1.165) is 6.42 Å². The second-order valence-electron chi connectivity index (χ2n) is 6.36. The molecule has 0 aromatic carbocycles. The zero-order valence-corrected chi connectivity index (χ0v) is 12.8. The lowest BCUT2D eigenvalue weighted by Crippen LogP contribution is -2.49. The third-order valence-electron chi connectivity index (χ3n) is 4.58. The molecule has 0 aromatic heterocycles. The monoisotopic (exact) mass is 270 g/mol. The molecule has 0 radical (unpaired) electrons. The zero-order chi connectivity index (χ0) is 14.4. The Balaban J connectivity index is 2.34. The van der Waals surface area contributed by atoms with Gasteiger partial charge in [0, 0.05) is 12.1 Å². The maximum atomic E-state index is 12.0. The number of rotatable bonds is 6. The second-order valence-corrected chi connectivity index (χ2v) is 6.36. The van der Waals surface area contributed by atoms with Crippen molar-refractivity contribution in [1.29, 1.82) is 0 Å². The molecule has 1 rings (SSSR count). The molecule has 0 saturated heterocycles. The summed E-state index contributed by atoms with van der Waals surface area (Å²) in [5.41, 5.74) is 0. The lowest BCUT2D eigenvalue weighted by Gasteiger charge is -2.34. The zero-order valence-electron chi connectivity index (χ0n) is 12.8. The highest BCUT2D eigenvalue weighted by Crippen LogP contribution is 2.29. The van der Waals surface area contributed by atoms with Crippen molar-refractivity contribution in [2.75, 3.05) is 13.2 Å². The van der Waals surface area contributed by atoms with Crippen LogP contribution in [0.15, 0.2) is 0 Å². The SMILES string of the molecule is CC(C)[C@@H](CO)NCC(=O)N[C@@H]1CCC[C@@H](C)[C@@H]1C. The number of hydrogen-bond donors (Lipinski definition) is 3. The van der Waals surface area contributed by atoms with Gasteiger partial charge in [-0.05, 0) is 24.2 Å². The Hall–Kier alpha value is -0.610. The van der Waals surface area contributed by atoms with E-state index < -0.39 is 0 Å². The fraction of sp³-hybridized carbons (Fsp3) is 0.933. The van der Waals surface area contributed by atoms with Crippen molar-refractivity contribution in [3.8, 4) is 0 Å². The number of aliphatic hydroxyl groups is 1. The van der Waals surface area contributed by atoms with Crippen LogP contribution in [0, 0.1) is 17.8 Å². The van der Waals surface area contributed by atoms with E-state index in [2.05, 4.69) is 24.5 Å². The number of hydrogen-bond acceptors (Lipinski definition) is 3. The fourth-order valence-electron chi connectivity index (χ4n) is 2.78. The average molecular weight is 270 g/mol. The molecule has 1 amide bonds. The lowest BCUT2D eigenvalue weighted by atomic mass is 9.78. The standard InChI is InChI=1S/C15H30N2O2/c1-10(2)14(9-18)16-8-15(19)17-13-7-5-6-11(3)12(13)4/h10-14,16,18H,5-9H2,1-4H3,(H,17,19)/t11-,12+,13-,14-/m1/s1. The first-order chi connectivity index (χ1) is 8.95. The van der Waals surface area contributed by atoms with E-state index in [0.29, 0.717) is 30.3 Å². The third-order valence-corrected chi connectivity index (χ3v) is 4.58. The van der Waals surface area contributed by atoms with E-state index >= 15 is 0 Å². The van der Waals surface area contributed by atoms with Crippen molar-refractivity contribution in [1.82, 2.24) is 10.6 Å². The summed E-state index contributed by atoms with van der Waals surface area (Å²) in [6, 6.07) is 0.304. The topological polar surface area (TPSA) is 61.4 Å². The number of aliphatic hydroxyl groups excluding tert-OH is 1. The van der Waals surface area contributed by atoms with Gasteiger partial charge in [0.05, 0.1) is 13.2 Å². The normalized spacial score (nSPS) is 29.3. The highest BCUT2D eigenvalue weighted by molar-refractivity contribution is 5.78. The maximum Gasteiger partial charge on any atom is 0.234 e. The minimum Gasteiger partial charge on any atom is -0.395 e. The van der Waals surface area contributed by atoms with Gasteiger partial charge in [0.25, 0.3) is 0 Å². The van der Waals surface area contributed by atoms with Gasteiger partial charge in [-0.25, -0.2) is 0 Å². The molecule has 1 aliphatic carbocycles. The first kappa shape index (κ1) is 16.4. The molecule has 0 heterocycles. The van der Waals surface area contributed by atoms with E-state index in [9.17, 15) is 9.90 Å². The molecular formula is C15H30N2O2. The summed E-state index contributed by atoms with van der Waals surface area (Å²) >= 11 is 0. The van der Waals surface area contributed by atoms with Crippen molar-refractivity contribution in [2.24, 2.45) is 17.8 Å². The summed E-state index contributed by atoms with van der Waals surface area (Å²) in [7, 11) is 0. The van der Waals surface area contributed by atoms with Crippen LogP contribution in [0.1, 0.15) is 47.0 Å². The third kappa shape index (κ3) is 5.11. The number of carbonyl (C=O) groups is 1. The van der Waals surface area contributed by atoms with Crippen molar-refractivity contribution in [2.45, 2.75) is 59.0 Å². The molecule has 4 atom stereocenters. The van der Waals surface area contributed by atoms with Crippen LogP contribution in [0.2, 0.25) is 0 Å². The summed E-state index contributed by atoms with van der Waals surface area (Å²) in [5, 5.41) is 15.5. The van der Waals surface area contributed by atoms with E-state index in [1.807, 2.05) is 13.8 Å². The molecule has 4 heteroatoms. The summed E-state index contributed by atoms with van der Waals surface area (Å²) in [4.78, 5) is 12.0. The molecule has 0 aliphatic heterocycles. The molecule has 19 heavy (non-hydrogen) atoms. The van der Waals surface area contributed by atoms with Gasteiger partial charge in [-0.1, -0.05) is 40.5 Å². The highest BCUT2D eigenvalue weighted by Gasteiger charge is 2.28. The van der Waals surface area contributed by atoms with Crippen LogP contribution in [0.25, 0.3) is 0 Å². The molecule has 0 unspecified atom stereocenters. The quantitative estimate of drug-likeness (QED) is 0.686. The lowest BCUT2D eigenvalue weighted by molar-refractivity contribution is -0.121.